The number of halogens is 2. The molecule has 3 aromatic rings. The highest BCUT2D eigenvalue weighted by Gasteiger charge is 2.15. The van der Waals surface area contributed by atoms with Crippen LogP contribution in [0.1, 0.15) is 5.56 Å². The molecule has 0 atom stereocenters. The monoisotopic (exact) mass is 303 g/mol. The van der Waals surface area contributed by atoms with Gasteiger partial charge in [0.15, 0.2) is 0 Å². The molecule has 0 fully saturated rings. The van der Waals surface area contributed by atoms with Crippen LogP contribution < -0.4 is 5.73 Å². The molecule has 2 aromatic carbocycles. The Morgan fingerprint density at radius 3 is 2.81 bits per heavy atom. The smallest absolute Gasteiger partial charge is 0.260 e. The molecule has 0 unspecified atom stereocenters. The van der Waals surface area contributed by atoms with Gasteiger partial charge in [0.2, 0.25) is 5.82 Å². The van der Waals surface area contributed by atoms with Crippen LogP contribution in [0.15, 0.2) is 40.9 Å². The number of nitrogen functional groups attached to an aromatic ring is 1. The van der Waals surface area contributed by atoms with Crippen LogP contribution in [0.3, 0.4) is 0 Å². The zero-order valence-electron chi connectivity index (χ0n) is 11.1. The fourth-order valence-corrected chi connectivity index (χ4v) is 2.13. The number of nitrogens with zero attached hydrogens (tertiary/aromatic N) is 2. The van der Waals surface area contributed by atoms with E-state index in [9.17, 15) is 4.39 Å². The minimum atomic E-state index is -0.276. The fraction of sp³-hybridized carbons (Fsp3) is 0.0667. The maximum Gasteiger partial charge on any atom is 0.260 e. The lowest BCUT2D eigenvalue weighted by molar-refractivity contribution is 0.432. The number of nitrogens with two attached hydrogens (primary N) is 1. The number of hydrogen-bond donors (Lipinski definition) is 1. The molecule has 0 amide bonds. The van der Waals surface area contributed by atoms with Crippen LogP contribution >= 0.6 is 11.6 Å². The van der Waals surface area contributed by atoms with Gasteiger partial charge in [-0.1, -0.05) is 22.8 Å². The van der Waals surface area contributed by atoms with Gasteiger partial charge in [-0.25, -0.2) is 4.39 Å². The lowest BCUT2D eigenvalue weighted by Gasteiger charge is -2.01. The second kappa shape index (κ2) is 5.18. The average Bonchev–Trinajstić information content (AvgIpc) is 2.94. The SMILES string of the molecule is Cc1cc(-c2noc(-c3cccc(Cl)c3N)n2)ccc1F. The first-order valence-corrected chi connectivity index (χ1v) is 6.58. The molecule has 0 aliphatic rings. The van der Waals surface area contributed by atoms with Crippen molar-refractivity contribution in [1.29, 1.82) is 0 Å². The van der Waals surface area contributed by atoms with Crippen LogP contribution in [-0.2, 0) is 0 Å². The molecule has 21 heavy (non-hydrogen) atoms. The second-order valence-electron chi connectivity index (χ2n) is 4.59. The van der Waals surface area contributed by atoms with E-state index in [0.717, 1.165) is 0 Å². The van der Waals surface area contributed by atoms with E-state index in [1.165, 1.54) is 6.07 Å². The quantitative estimate of drug-likeness (QED) is 0.724. The predicted octanol–water partition coefficient (Wildman–Crippen LogP) is 4.09. The van der Waals surface area contributed by atoms with Crippen molar-refractivity contribution in [1.82, 2.24) is 10.1 Å². The Morgan fingerprint density at radius 2 is 2.05 bits per heavy atom. The van der Waals surface area contributed by atoms with E-state index in [0.29, 0.717) is 33.2 Å². The summed E-state index contributed by atoms with van der Waals surface area (Å²) in [6.07, 6.45) is 0. The topological polar surface area (TPSA) is 64.9 Å². The van der Waals surface area contributed by atoms with E-state index < -0.39 is 0 Å². The fourth-order valence-electron chi connectivity index (χ4n) is 1.96. The summed E-state index contributed by atoms with van der Waals surface area (Å²) in [5, 5.41) is 4.32. The Hall–Kier alpha value is -2.40. The molecular formula is C15H11ClFN3O. The number of hydrogen-bond acceptors (Lipinski definition) is 4. The van der Waals surface area contributed by atoms with Crippen molar-refractivity contribution in [3.05, 3.63) is 52.8 Å². The summed E-state index contributed by atoms with van der Waals surface area (Å²) >= 11 is 5.97. The van der Waals surface area contributed by atoms with Crippen LogP contribution in [0.4, 0.5) is 10.1 Å². The van der Waals surface area contributed by atoms with Crippen LogP contribution in [0.2, 0.25) is 5.02 Å². The molecule has 0 radical (unpaired) electrons. The van der Waals surface area contributed by atoms with E-state index in [-0.39, 0.29) is 11.7 Å². The number of aromatic nitrogens is 2. The Kier molecular flexibility index (Phi) is 3.35. The van der Waals surface area contributed by atoms with Gasteiger partial charge in [0, 0.05) is 5.56 Å². The van der Waals surface area contributed by atoms with E-state index >= 15 is 0 Å². The van der Waals surface area contributed by atoms with Gasteiger partial charge in [-0.2, -0.15) is 4.98 Å². The Labute approximate surface area is 125 Å². The Bertz CT molecular complexity index is 816. The van der Waals surface area contributed by atoms with Crippen LogP contribution in [0.5, 0.6) is 0 Å². The lowest BCUT2D eigenvalue weighted by Crippen LogP contribution is -1.91. The van der Waals surface area contributed by atoms with Crippen LogP contribution in [0.25, 0.3) is 22.8 Å². The van der Waals surface area contributed by atoms with Gasteiger partial charge in [-0.05, 0) is 42.8 Å². The third kappa shape index (κ3) is 2.48. The molecule has 2 N–H and O–H groups in total. The minimum absolute atomic E-state index is 0.270. The second-order valence-corrected chi connectivity index (χ2v) is 5.00. The molecule has 1 heterocycles. The van der Waals surface area contributed by atoms with Gasteiger partial charge in [0.05, 0.1) is 16.3 Å². The molecule has 0 aliphatic carbocycles. The molecule has 0 bridgehead atoms. The van der Waals surface area contributed by atoms with Crippen molar-refractivity contribution in [2.24, 2.45) is 0 Å². The third-order valence-corrected chi connectivity index (χ3v) is 3.46. The zero-order valence-corrected chi connectivity index (χ0v) is 11.9. The summed E-state index contributed by atoms with van der Waals surface area (Å²) in [4.78, 5) is 4.28. The summed E-state index contributed by atoms with van der Waals surface area (Å²) in [5.74, 6) is 0.362. The largest absolute Gasteiger partial charge is 0.397 e. The summed E-state index contributed by atoms with van der Waals surface area (Å²) in [6.45, 7) is 1.68. The molecular weight excluding hydrogens is 293 g/mol. The summed E-state index contributed by atoms with van der Waals surface area (Å²) in [6, 6.07) is 9.80. The summed E-state index contributed by atoms with van der Waals surface area (Å²) in [7, 11) is 0. The lowest BCUT2D eigenvalue weighted by atomic mass is 10.1. The molecule has 6 heteroatoms. The van der Waals surface area contributed by atoms with Crippen molar-refractivity contribution < 1.29 is 8.91 Å². The Morgan fingerprint density at radius 1 is 1.24 bits per heavy atom. The first-order valence-electron chi connectivity index (χ1n) is 6.21. The van der Waals surface area contributed by atoms with Gasteiger partial charge >= 0.3 is 0 Å². The number of anilines is 1. The van der Waals surface area contributed by atoms with Crippen molar-refractivity contribution in [3.63, 3.8) is 0 Å². The maximum atomic E-state index is 13.3. The first-order chi connectivity index (χ1) is 10.1. The van der Waals surface area contributed by atoms with Gasteiger partial charge in [-0.15, -0.1) is 0 Å². The highest BCUT2D eigenvalue weighted by atomic mass is 35.5. The standard InChI is InChI=1S/C15H11ClFN3O/c1-8-7-9(5-6-12(8)17)14-19-15(21-20-14)10-3-2-4-11(16)13(10)18/h2-7H,18H2,1H3. The van der Waals surface area contributed by atoms with Crippen molar-refractivity contribution in [2.45, 2.75) is 6.92 Å². The summed E-state index contributed by atoms with van der Waals surface area (Å²) in [5.41, 5.74) is 8.03. The van der Waals surface area contributed by atoms with Gasteiger partial charge < -0.3 is 10.3 Å². The normalized spacial score (nSPS) is 10.8. The molecule has 1 aromatic heterocycles. The summed E-state index contributed by atoms with van der Waals surface area (Å²) < 4.78 is 18.5. The molecule has 0 aliphatic heterocycles. The minimum Gasteiger partial charge on any atom is -0.397 e. The van der Waals surface area contributed by atoms with Gasteiger partial charge in [0.25, 0.3) is 5.89 Å². The molecule has 4 nitrogen and oxygen atoms in total. The molecule has 106 valence electrons. The highest BCUT2D eigenvalue weighted by Crippen LogP contribution is 2.31. The Balaban J connectivity index is 2.03. The molecule has 3 rings (SSSR count). The number of para-hydroxylation sites is 1. The number of rotatable bonds is 2. The van der Waals surface area contributed by atoms with Crippen molar-refractivity contribution in [3.8, 4) is 22.8 Å². The van der Waals surface area contributed by atoms with E-state index in [4.69, 9.17) is 21.9 Å². The number of aryl methyl sites for hydroxylation is 1. The zero-order chi connectivity index (χ0) is 15.0. The van der Waals surface area contributed by atoms with E-state index in [1.807, 2.05) is 0 Å². The molecule has 0 saturated carbocycles. The van der Waals surface area contributed by atoms with Crippen LogP contribution in [-0.4, -0.2) is 10.1 Å². The first kappa shape index (κ1) is 13.6. The van der Waals surface area contributed by atoms with E-state index in [1.54, 1.807) is 37.3 Å². The molecule has 0 spiro atoms. The maximum absolute atomic E-state index is 13.3. The van der Waals surface area contributed by atoms with Crippen LogP contribution in [0, 0.1) is 12.7 Å². The van der Waals surface area contributed by atoms with Crippen molar-refractivity contribution in [2.75, 3.05) is 5.73 Å². The third-order valence-electron chi connectivity index (χ3n) is 3.13. The molecule has 0 saturated heterocycles. The van der Waals surface area contributed by atoms with Crippen molar-refractivity contribution >= 4 is 17.3 Å². The predicted molar refractivity (Wildman–Crippen MR) is 79.3 cm³/mol. The number of benzene rings is 2. The average molecular weight is 304 g/mol. The van der Waals surface area contributed by atoms with Gasteiger partial charge in [-0.3, -0.25) is 0 Å². The van der Waals surface area contributed by atoms with E-state index in [2.05, 4.69) is 10.1 Å². The highest BCUT2D eigenvalue weighted by molar-refractivity contribution is 6.33. The van der Waals surface area contributed by atoms with Gasteiger partial charge in [0.1, 0.15) is 5.82 Å².